The molecule has 3 aromatic rings. The average molecular weight is 471 g/mol. The maximum atomic E-state index is 13.1. The van der Waals surface area contributed by atoms with Crippen molar-refractivity contribution in [3.8, 4) is 0 Å². The zero-order valence-corrected chi connectivity index (χ0v) is 18.8. The largest absolute Gasteiger partial charge is 0.311 e. The molecule has 12 heteroatoms. The molecule has 0 N–H and O–H groups in total. The first-order valence-corrected chi connectivity index (χ1v) is 11.5. The second-order valence-electron chi connectivity index (χ2n) is 7.86. The van der Waals surface area contributed by atoms with E-state index in [-0.39, 0.29) is 33.9 Å². The quantitative estimate of drug-likeness (QED) is 0.407. The molecule has 0 atom stereocenters. The highest BCUT2D eigenvalue weighted by molar-refractivity contribution is 7.89. The molecule has 33 heavy (non-hydrogen) atoms. The van der Waals surface area contributed by atoms with E-state index in [4.69, 9.17) is 0 Å². The number of non-ortho nitro benzene ring substituents is 1. The van der Waals surface area contributed by atoms with Gasteiger partial charge in [0.25, 0.3) is 11.2 Å². The van der Waals surface area contributed by atoms with Gasteiger partial charge in [0.2, 0.25) is 15.9 Å². The SMILES string of the molecule is CN(C)S(=O)(=O)c1ccc2c(c1)CCCN2C(=O)Cn1cnc2cc([N+](=O)[O-])ccc2c1=O. The summed E-state index contributed by atoms with van der Waals surface area (Å²) in [5, 5.41) is 11.1. The van der Waals surface area contributed by atoms with Crippen molar-refractivity contribution in [2.45, 2.75) is 24.3 Å². The number of nitro benzene ring substituents is 1. The van der Waals surface area contributed by atoms with Crippen LogP contribution >= 0.6 is 0 Å². The summed E-state index contributed by atoms with van der Waals surface area (Å²) < 4.78 is 27.2. The number of aryl methyl sites for hydroxylation is 1. The van der Waals surface area contributed by atoms with Crippen LogP contribution in [-0.4, -0.2) is 53.7 Å². The van der Waals surface area contributed by atoms with Crippen molar-refractivity contribution in [3.05, 3.63) is 68.8 Å². The van der Waals surface area contributed by atoms with Crippen molar-refractivity contribution in [2.24, 2.45) is 0 Å². The number of carbonyl (C=O) groups is 1. The van der Waals surface area contributed by atoms with E-state index in [9.17, 15) is 28.1 Å². The van der Waals surface area contributed by atoms with Gasteiger partial charge in [-0.05, 0) is 42.7 Å². The predicted octanol–water partition coefficient (Wildman–Crippen LogP) is 1.53. The van der Waals surface area contributed by atoms with Gasteiger partial charge in [0.05, 0.1) is 27.0 Å². The minimum absolute atomic E-state index is 0.157. The zero-order chi connectivity index (χ0) is 23.9. The molecule has 2 aromatic carbocycles. The summed E-state index contributed by atoms with van der Waals surface area (Å²) in [5.74, 6) is -0.343. The Kier molecular flexibility index (Phi) is 5.72. The fraction of sp³-hybridized carbons (Fsp3) is 0.286. The number of hydrogen-bond donors (Lipinski definition) is 0. The van der Waals surface area contributed by atoms with E-state index < -0.39 is 20.5 Å². The third-order valence-corrected chi connectivity index (χ3v) is 7.39. The molecule has 0 bridgehead atoms. The molecule has 0 saturated heterocycles. The van der Waals surface area contributed by atoms with Crippen molar-refractivity contribution < 1.29 is 18.1 Å². The normalized spacial score (nSPS) is 13.8. The van der Waals surface area contributed by atoms with E-state index in [0.717, 1.165) is 14.4 Å². The number of nitrogens with zero attached hydrogens (tertiary/aromatic N) is 5. The highest BCUT2D eigenvalue weighted by atomic mass is 32.2. The third kappa shape index (κ3) is 4.10. The topological polar surface area (TPSA) is 136 Å². The molecule has 2 heterocycles. The second-order valence-corrected chi connectivity index (χ2v) is 10.0. The number of sulfonamides is 1. The smallest absolute Gasteiger partial charge is 0.271 e. The molecule has 0 aliphatic carbocycles. The standard InChI is InChI=1S/C21H21N5O6S/c1-23(2)33(31,32)16-6-8-19-14(10-16)4-3-9-25(19)20(27)12-24-13-22-18-11-15(26(29)30)5-7-17(18)21(24)28/h5-8,10-11,13H,3-4,9,12H2,1-2H3. The molecular weight excluding hydrogens is 450 g/mol. The lowest BCUT2D eigenvalue weighted by Crippen LogP contribution is -2.39. The Morgan fingerprint density at radius 1 is 1.21 bits per heavy atom. The zero-order valence-electron chi connectivity index (χ0n) is 18.0. The van der Waals surface area contributed by atoms with Crippen molar-refractivity contribution >= 4 is 38.2 Å². The molecule has 1 aliphatic rings. The highest BCUT2D eigenvalue weighted by Crippen LogP contribution is 2.30. The lowest BCUT2D eigenvalue weighted by atomic mass is 10.0. The van der Waals surface area contributed by atoms with E-state index >= 15 is 0 Å². The predicted molar refractivity (Wildman–Crippen MR) is 121 cm³/mol. The minimum atomic E-state index is -3.60. The van der Waals surface area contributed by atoms with Crippen LogP contribution in [0.3, 0.4) is 0 Å². The van der Waals surface area contributed by atoms with Crippen LogP contribution in [0.2, 0.25) is 0 Å². The van der Waals surface area contributed by atoms with Gasteiger partial charge in [-0.15, -0.1) is 0 Å². The van der Waals surface area contributed by atoms with Gasteiger partial charge in [-0.3, -0.25) is 24.3 Å². The molecule has 1 aliphatic heterocycles. The summed E-state index contributed by atoms with van der Waals surface area (Å²) in [6.07, 6.45) is 2.48. The fourth-order valence-electron chi connectivity index (χ4n) is 3.81. The molecule has 172 valence electrons. The van der Waals surface area contributed by atoms with Gasteiger partial charge in [0.1, 0.15) is 6.54 Å². The molecular formula is C21H21N5O6S. The summed E-state index contributed by atoms with van der Waals surface area (Å²) in [7, 11) is -0.685. The highest BCUT2D eigenvalue weighted by Gasteiger charge is 2.26. The number of nitro groups is 1. The van der Waals surface area contributed by atoms with Gasteiger partial charge < -0.3 is 4.90 Å². The number of fused-ring (bicyclic) bond motifs is 2. The lowest BCUT2D eigenvalue weighted by molar-refractivity contribution is -0.384. The Balaban J connectivity index is 1.63. The summed E-state index contributed by atoms with van der Waals surface area (Å²) >= 11 is 0. The number of amides is 1. The van der Waals surface area contributed by atoms with Gasteiger partial charge in [0.15, 0.2) is 0 Å². The van der Waals surface area contributed by atoms with Crippen LogP contribution in [0.25, 0.3) is 10.9 Å². The van der Waals surface area contributed by atoms with E-state index in [1.54, 1.807) is 12.1 Å². The first kappa shape index (κ1) is 22.6. The second kappa shape index (κ2) is 8.37. The van der Waals surface area contributed by atoms with Crippen molar-refractivity contribution in [2.75, 3.05) is 25.5 Å². The number of aromatic nitrogens is 2. The molecule has 11 nitrogen and oxygen atoms in total. The van der Waals surface area contributed by atoms with Gasteiger partial charge in [-0.25, -0.2) is 17.7 Å². The molecule has 0 saturated carbocycles. The van der Waals surface area contributed by atoms with Crippen molar-refractivity contribution in [1.82, 2.24) is 13.9 Å². The Morgan fingerprint density at radius 3 is 2.67 bits per heavy atom. The van der Waals surface area contributed by atoms with E-state index in [2.05, 4.69) is 4.98 Å². The molecule has 0 unspecified atom stereocenters. The summed E-state index contributed by atoms with van der Waals surface area (Å²) in [4.78, 5) is 42.0. The molecule has 0 spiro atoms. The van der Waals surface area contributed by atoms with Gasteiger partial charge in [0, 0.05) is 38.5 Å². The minimum Gasteiger partial charge on any atom is -0.311 e. The van der Waals surface area contributed by atoms with Crippen molar-refractivity contribution in [1.29, 1.82) is 0 Å². The number of anilines is 1. The molecule has 0 radical (unpaired) electrons. The van der Waals surface area contributed by atoms with Gasteiger partial charge >= 0.3 is 0 Å². The Labute approximate surface area is 189 Å². The maximum Gasteiger partial charge on any atom is 0.271 e. The number of rotatable bonds is 5. The first-order valence-electron chi connectivity index (χ1n) is 10.1. The molecule has 1 amide bonds. The van der Waals surface area contributed by atoms with Crippen molar-refractivity contribution in [3.63, 3.8) is 0 Å². The van der Waals surface area contributed by atoms with Crippen LogP contribution in [0.5, 0.6) is 0 Å². The van der Waals surface area contributed by atoms with E-state index in [1.165, 1.54) is 49.6 Å². The first-order chi connectivity index (χ1) is 15.6. The van der Waals surface area contributed by atoms with Gasteiger partial charge in [-0.1, -0.05) is 0 Å². The van der Waals surface area contributed by atoms with Crippen LogP contribution in [-0.2, 0) is 27.8 Å². The lowest BCUT2D eigenvalue weighted by Gasteiger charge is -2.30. The molecule has 4 rings (SSSR count). The van der Waals surface area contributed by atoms with Crippen LogP contribution in [0.4, 0.5) is 11.4 Å². The van der Waals surface area contributed by atoms with Crippen LogP contribution in [0.1, 0.15) is 12.0 Å². The Morgan fingerprint density at radius 2 is 1.97 bits per heavy atom. The number of carbonyl (C=O) groups excluding carboxylic acids is 1. The average Bonchev–Trinajstić information content (AvgIpc) is 2.79. The molecule has 0 fully saturated rings. The number of benzene rings is 2. The monoisotopic (exact) mass is 471 g/mol. The van der Waals surface area contributed by atoms with Gasteiger partial charge in [-0.2, -0.15) is 0 Å². The van der Waals surface area contributed by atoms with Crippen LogP contribution in [0.15, 0.2) is 52.4 Å². The Bertz CT molecular complexity index is 1450. The molecule has 1 aromatic heterocycles. The number of hydrogen-bond acceptors (Lipinski definition) is 7. The maximum absolute atomic E-state index is 13.1. The van der Waals surface area contributed by atoms with Crippen LogP contribution < -0.4 is 10.5 Å². The fourth-order valence-corrected chi connectivity index (χ4v) is 4.76. The van der Waals surface area contributed by atoms with E-state index in [0.29, 0.717) is 25.1 Å². The summed E-state index contributed by atoms with van der Waals surface area (Å²) in [6, 6.07) is 8.42. The summed E-state index contributed by atoms with van der Waals surface area (Å²) in [5.41, 5.74) is 0.878. The Hall–Kier alpha value is -3.64. The summed E-state index contributed by atoms with van der Waals surface area (Å²) in [6.45, 7) is 0.170. The third-order valence-electron chi connectivity index (χ3n) is 5.57. The van der Waals surface area contributed by atoms with Crippen LogP contribution in [0, 0.1) is 10.1 Å². The van der Waals surface area contributed by atoms with E-state index in [1.807, 2.05) is 0 Å².